The van der Waals surface area contributed by atoms with E-state index < -0.39 is 0 Å². The van der Waals surface area contributed by atoms with Crippen LogP contribution >= 0.6 is 11.6 Å². The highest BCUT2D eigenvalue weighted by molar-refractivity contribution is 6.30. The number of rotatable bonds is 3. The molecule has 0 radical (unpaired) electrons. The predicted octanol–water partition coefficient (Wildman–Crippen LogP) is 3.81. The van der Waals surface area contributed by atoms with Crippen LogP contribution in [0.15, 0.2) is 42.5 Å². The van der Waals surface area contributed by atoms with E-state index in [1.807, 2.05) is 30.0 Å². The lowest BCUT2D eigenvalue weighted by Crippen LogP contribution is -2.37. The number of nitrogens with one attached hydrogen (secondary N) is 1. The van der Waals surface area contributed by atoms with Gasteiger partial charge < -0.3 is 10.2 Å². The molecule has 2 amide bonds. The lowest BCUT2D eigenvalue weighted by atomic mass is 9.99. The molecule has 1 N–H and O–H groups in total. The molecule has 1 aliphatic carbocycles. The molecule has 2 atom stereocenters. The lowest BCUT2D eigenvalue weighted by molar-refractivity contribution is -0.135. The number of amides is 2. The van der Waals surface area contributed by atoms with Crippen LogP contribution in [0.1, 0.15) is 23.1 Å². The van der Waals surface area contributed by atoms with Crippen LogP contribution < -0.4 is 5.32 Å². The third kappa shape index (κ3) is 3.34. The maximum absolute atomic E-state index is 12.8. The first-order valence-electron chi connectivity index (χ1n) is 8.95. The van der Waals surface area contributed by atoms with Crippen LogP contribution in [0.4, 0.5) is 5.69 Å². The number of aryl methyl sites for hydroxylation is 1. The molecule has 0 saturated heterocycles. The molecule has 1 saturated carbocycles. The molecule has 4 rings (SSSR count). The van der Waals surface area contributed by atoms with E-state index >= 15 is 0 Å². The monoisotopic (exact) mass is 368 g/mol. The van der Waals surface area contributed by atoms with Crippen molar-refractivity contribution in [3.63, 3.8) is 0 Å². The van der Waals surface area contributed by atoms with E-state index in [0.29, 0.717) is 18.0 Å². The van der Waals surface area contributed by atoms with Gasteiger partial charge in [0.05, 0.1) is 11.8 Å². The van der Waals surface area contributed by atoms with Gasteiger partial charge in [0.15, 0.2) is 0 Å². The summed E-state index contributed by atoms with van der Waals surface area (Å²) >= 11 is 5.95. The zero-order valence-corrected chi connectivity index (χ0v) is 15.4. The minimum absolute atomic E-state index is 0.0776. The van der Waals surface area contributed by atoms with Crippen molar-refractivity contribution in [1.82, 2.24) is 4.90 Å². The smallest absolute Gasteiger partial charge is 0.228 e. The molecule has 1 aliphatic heterocycles. The van der Waals surface area contributed by atoms with Crippen LogP contribution in [0.2, 0.25) is 5.02 Å². The van der Waals surface area contributed by atoms with Gasteiger partial charge in [0.1, 0.15) is 0 Å². The number of hydrogen-bond donors (Lipinski definition) is 1. The van der Waals surface area contributed by atoms with Gasteiger partial charge in [-0.3, -0.25) is 9.59 Å². The van der Waals surface area contributed by atoms with E-state index in [-0.39, 0.29) is 23.7 Å². The molecular formula is C21H21ClN2O2. The van der Waals surface area contributed by atoms with E-state index in [4.69, 9.17) is 11.6 Å². The minimum Gasteiger partial charge on any atom is -0.338 e. The van der Waals surface area contributed by atoms with Crippen LogP contribution in [0.25, 0.3) is 0 Å². The van der Waals surface area contributed by atoms with Crippen molar-refractivity contribution in [2.75, 3.05) is 11.9 Å². The van der Waals surface area contributed by atoms with Gasteiger partial charge in [-0.2, -0.15) is 0 Å². The van der Waals surface area contributed by atoms with E-state index in [1.165, 1.54) is 11.1 Å². The van der Waals surface area contributed by atoms with Crippen molar-refractivity contribution in [1.29, 1.82) is 0 Å². The SMILES string of the molecule is Cc1cc(Cl)ccc1NC(=O)C1CC1C(=O)N1CCc2ccccc2C1. The first kappa shape index (κ1) is 17.1. The van der Waals surface area contributed by atoms with Crippen molar-refractivity contribution < 1.29 is 9.59 Å². The fraction of sp³-hybridized carbons (Fsp3) is 0.333. The van der Waals surface area contributed by atoms with Crippen molar-refractivity contribution in [2.45, 2.75) is 26.3 Å². The number of fused-ring (bicyclic) bond motifs is 1. The van der Waals surface area contributed by atoms with Gasteiger partial charge in [-0.15, -0.1) is 0 Å². The number of halogens is 1. The summed E-state index contributed by atoms with van der Waals surface area (Å²) in [5, 5.41) is 3.58. The van der Waals surface area contributed by atoms with Crippen LogP contribution in [-0.2, 0) is 22.6 Å². The van der Waals surface area contributed by atoms with Gasteiger partial charge in [-0.1, -0.05) is 35.9 Å². The molecule has 0 aromatic heterocycles. The highest BCUT2D eigenvalue weighted by atomic mass is 35.5. The summed E-state index contributed by atoms with van der Waals surface area (Å²) in [5.41, 5.74) is 4.21. The Bertz CT molecular complexity index is 880. The van der Waals surface area contributed by atoms with Gasteiger partial charge in [0.25, 0.3) is 0 Å². The Morgan fingerprint density at radius 2 is 1.88 bits per heavy atom. The highest BCUT2D eigenvalue weighted by Gasteiger charge is 2.49. The summed E-state index contributed by atoms with van der Waals surface area (Å²) in [6, 6.07) is 13.6. The average molecular weight is 369 g/mol. The molecule has 0 bridgehead atoms. The number of nitrogens with zero attached hydrogens (tertiary/aromatic N) is 1. The van der Waals surface area contributed by atoms with Gasteiger partial charge >= 0.3 is 0 Å². The van der Waals surface area contributed by atoms with Crippen molar-refractivity contribution in [3.8, 4) is 0 Å². The van der Waals surface area contributed by atoms with Crippen LogP contribution in [0, 0.1) is 18.8 Å². The van der Waals surface area contributed by atoms with Gasteiger partial charge in [-0.05, 0) is 54.7 Å². The zero-order valence-electron chi connectivity index (χ0n) is 14.7. The maximum atomic E-state index is 12.8. The zero-order chi connectivity index (χ0) is 18.3. The Kier molecular flexibility index (Phi) is 4.45. The second kappa shape index (κ2) is 6.76. The van der Waals surface area contributed by atoms with Crippen LogP contribution in [-0.4, -0.2) is 23.3 Å². The number of benzene rings is 2. The number of carbonyl (C=O) groups excluding carboxylic acids is 2. The number of hydrogen-bond acceptors (Lipinski definition) is 2. The molecule has 5 heteroatoms. The molecule has 2 aliphatic rings. The highest BCUT2D eigenvalue weighted by Crippen LogP contribution is 2.41. The Morgan fingerprint density at radius 1 is 1.12 bits per heavy atom. The fourth-order valence-corrected chi connectivity index (χ4v) is 3.90. The third-order valence-electron chi connectivity index (χ3n) is 5.33. The summed E-state index contributed by atoms with van der Waals surface area (Å²) in [5.74, 6) is -0.388. The normalized spacial score (nSPS) is 21.1. The molecule has 4 nitrogen and oxygen atoms in total. The number of anilines is 1. The minimum atomic E-state index is -0.227. The summed E-state index contributed by atoms with van der Waals surface area (Å²) in [6.45, 7) is 3.29. The van der Waals surface area contributed by atoms with Gasteiger partial charge in [-0.25, -0.2) is 0 Å². The average Bonchev–Trinajstić information content (AvgIpc) is 3.44. The molecular weight excluding hydrogens is 348 g/mol. The van der Waals surface area contributed by atoms with Crippen LogP contribution in [0.3, 0.4) is 0 Å². The molecule has 2 unspecified atom stereocenters. The van der Waals surface area contributed by atoms with Crippen LogP contribution in [0.5, 0.6) is 0 Å². The summed E-state index contributed by atoms with van der Waals surface area (Å²) in [6.07, 6.45) is 1.52. The topological polar surface area (TPSA) is 49.4 Å². The third-order valence-corrected chi connectivity index (χ3v) is 5.57. The second-order valence-electron chi connectivity index (χ2n) is 7.18. The van der Waals surface area contributed by atoms with Crippen molar-refractivity contribution >= 4 is 29.1 Å². The number of carbonyl (C=O) groups is 2. The second-order valence-corrected chi connectivity index (χ2v) is 7.61. The molecule has 2 aromatic carbocycles. The Labute approximate surface area is 158 Å². The Balaban J connectivity index is 1.37. The quantitative estimate of drug-likeness (QED) is 0.895. The maximum Gasteiger partial charge on any atom is 0.228 e. The van der Waals surface area contributed by atoms with E-state index in [1.54, 1.807) is 12.1 Å². The van der Waals surface area contributed by atoms with Crippen molar-refractivity contribution in [3.05, 3.63) is 64.2 Å². The molecule has 0 spiro atoms. The molecule has 2 aromatic rings. The first-order chi connectivity index (χ1) is 12.5. The largest absolute Gasteiger partial charge is 0.338 e. The van der Waals surface area contributed by atoms with Gasteiger partial charge in [0.2, 0.25) is 11.8 Å². The summed E-state index contributed by atoms with van der Waals surface area (Å²) in [7, 11) is 0. The molecule has 26 heavy (non-hydrogen) atoms. The predicted molar refractivity (Wildman–Crippen MR) is 102 cm³/mol. The fourth-order valence-electron chi connectivity index (χ4n) is 3.67. The summed E-state index contributed by atoms with van der Waals surface area (Å²) in [4.78, 5) is 27.2. The molecule has 1 heterocycles. The molecule has 1 fully saturated rings. The van der Waals surface area contributed by atoms with E-state index in [2.05, 4.69) is 17.4 Å². The lowest BCUT2D eigenvalue weighted by Gasteiger charge is -2.29. The van der Waals surface area contributed by atoms with Gasteiger partial charge in [0, 0.05) is 23.8 Å². The van der Waals surface area contributed by atoms with E-state index in [0.717, 1.165) is 24.2 Å². The Morgan fingerprint density at radius 3 is 2.65 bits per heavy atom. The van der Waals surface area contributed by atoms with Crippen molar-refractivity contribution in [2.24, 2.45) is 11.8 Å². The molecule has 134 valence electrons. The standard InChI is InChI=1S/C21H21ClN2O2/c1-13-10-16(22)6-7-19(13)23-20(25)17-11-18(17)21(26)24-9-8-14-4-2-3-5-15(14)12-24/h2-7,10,17-18H,8-9,11-12H2,1H3,(H,23,25). The Hall–Kier alpha value is -2.33. The first-order valence-corrected chi connectivity index (χ1v) is 9.33. The summed E-state index contributed by atoms with van der Waals surface area (Å²) < 4.78 is 0. The van der Waals surface area contributed by atoms with E-state index in [9.17, 15) is 9.59 Å².